The summed E-state index contributed by atoms with van der Waals surface area (Å²) in [5, 5.41) is 35.0. The largest absolute Gasteiger partial charge is 0.480 e. The molecule has 0 aliphatic carbocycles. The molecule has 0 aromatic heterocycles. The van der Waals surface area contributed by atoms with E-state index >= 15 is 0 Å². The SMILES string of the molecule is O=C(O)CN(CCN(CC(=O)O)C(C(=O)O)P(=O)(O)O)CC(=O)O. The molecule has 0 aromatic carbocycles. The summed E-state index contributed by atoms with van der Waals surface area (Å²) in [6.07, 6.45) is 0. The molecule has 0 heterocycles. The molecule has 1 unspecified atom stereocenters. The van der Waals surface area contributed by atoms with E-state index in [1.165, 1.54) is 0 Å². The van der Waals surface area contributed by atoms with E-state index in [1.807, 2.05) is 0 Å². The van der Waals surface area contributed by atoms with E-state index in [0.29, 0.717) is 4.90 Å². The Morgan fingerprint density at radius 3 is 1.50 bits per heavy atom. The Balaban J connectivity index is 5.27. The van der Waals surface area contributed by atoms with Crippen LogP contribution in [0.4, 0.5) is 0 Å². The van der Waals surface area contributed by atoms with Gasteiger partial charge in [-0.05, 0) is 0 Å². The second-order valence-electron chi connectivity index (χ2n) is 4.66. The van der Waals surface area contributed by atoms with E-state index < -0.39 is 70.0 Å². The van der Waals surface area contributed by atoms with Crippen LogP contribution >= 0.6 is 7.60 Å². The molecule has 13 nitrogen and oxygen atoms in total. The molecule has 0 aliphatic rings. The van der Waals surface area contributed by atoms with Gasteiger partial charge in [0, 0.05) is 13.1 Å². The predicted octanol–water partition coefficient (Wildman–Crippen LogP) is -2.57. The minimum atomic E-state index is -5.25. The number of carboxylic acids is 4. The Bertz CT molecular complexity index is 529. The van der Waals surface area contributed by atoms with Gasteiger partial charge in [-0.1, -0.05) is 0 Å². The van der Waals surface area contributed by atoms with Crippen molar-refractivity contribution in [3.05, 3.63) is 0 Å². The lowest BCUT2D eigenvalue weighted by atomic mass is 10.4. The van der Waals surface area contributed by atoms with Gasteiger partial charge >= 0.3 is 31.5 Å². The standard InChI is InChI=1S/C10H17N2O11P/c13-6(14)3-11(4-7(15)16)1-2-12(5-8(17)18)9(10(19)20)24(21,22)23/h9H,1-5H2,(H,13,14)(H,15,16)(H,17,18)(H,19,20)(H2,21,22,23). The van der Waals surface area contributed by atoms with Gasteiger partial charge in [0.05, 0.1) is 19.6 Å². The molecule has 1 atom stereocenters. The number of hydrogen-bond donors (Lipinski definition) is 6. The molecule has 14 heteroatoms. The zero-order valence-electron chi connectivity index (χ0n) is 12.2. The highest BCUT2D eigenvalue weighted by Gasteiger charge is 2.41. The Morgan fingerprint density at radius 1 is 0.792 bits per heavy atom. The van der Waals surface area contributed by atoms with E-state index in [4.69, 9.17) is 30.2 Å². The summed E-state index contributed by atoms with van der Waals surface area (Å²) in [6.45, 7) is -3.54. The second kappa shape index (κ2) is 9.30. The summed E-state index contributed by atoms with van der Waals surface area (Å²) < 4.78 is 11.3. The Hall–Kier alpha value is -2.05. The van der Waals surface area contributed by atoms with Gasteiger partial charge in [0.25, 0.3) is 0 Å². The number of aliphatic carboxylic acids is 4. The second-order valence-corrected chi connectivity index (χ2v) is 6.33. The lowest BCUT2D eigenvalue weighted by molar-refractivity contribution is -0.146. The molecule has 0 spiro atoms. The Kier molecular flexibility index (Phi) is 8.50. The monoisotopic (exact) mass is 372 g/mol. The number of nitrogens with zero attached hydrogens (tertiary/aromatic N) is 2. The highest BCUT2D eigenvalue weighted by atomic mass is 31.2. The summed E-state index contributed by atoms with van der Waals surface area (Å²) in [7, 11) is -5.25. The normalized spacial score (nSPS) is 13.0. The van der Waals surface area contributed by atoms with Crippen LogP contribution in [-0.4, -0.2) is 102 Å². The van der Waals surface area contributed by atoms with Crippen LogP contribution in [0.25, 0.3) is 0 Å². The summed E-state index contributed by atoms with van der Waals surface area (Å²) in [6, 6.07) is 0. The highest BCUT2D eigenvalue weighted by molar-refractivity contribution is 7.53. The van der Waals surface area contributed by atoms with Crippen molar-refractivity contribution in [3.8, 4) is 0 Å². The summed E-state index contributed by atoms with van der Waals surface area (Å²) in [5.41, 5.74) is 0. The number of rotatable bonds is 12. The lowest BCUT2D eigenvalue weighted by Crippen LogP contribution is -2.48. The van der Waals surface area contributed by atoms with Gasteiger partial charge in [-0.2, -0.15) is 0 Å². The molecule has 0 aliphatic heterocycles. The first-order valence-corrected chi connectivity index (χ1v) is 7.92. The minimum Gasteiger partial charge on any atom is -0.480 e. The molecule has 0 bridgehead atoms. The predicted molar refractivity (Wildman–Crippen MR) is 74.4 cm³/mol. The molecule has 0 aromatic rings. The van der Waals surface area contributed by atoms with Crippen molar-refractivity contribution >= 4 is 31.5 Å². The third kappa shape index (κ3) is 8.55. The fourth-order valence-corrected chi connectivity index (χ4v) is 2.75. The highest BCUT2D eigenvalue weighted by Crippen LogP contribution is 2.43. The van der Waals surface area contributed by atoms with Crippen LogP contribution in [0, 0.1) is 0 Å². The maximum absolute atomic E-state index is 11.3. The van der Waals surface area contributed by atoms with E-state index in [9.17, 15) is 23.7 Å². The quantitative estimate of drug-likeness (QED) is 0.195. The van der Waals surface area contributed by atoms with Crippen LogP contribution < -0.4 is 0 Å². The van der Waals surface area contributed by atoms with Crippen molar-refractivity contribution in [1.82, 2.24) is 9.80 Å². The van der Waals surface area contributed by atoms with Gasteiger partial charge in [-0.3, -0.25) is 28.7 Å². The van der Waals surface area contributed by atoms with Gasteiger partial charge in [-0.25, -0.2) is 4.79 Å². The molecule has 0 saturated heterocycles. The Morgan fingerprint density at radius 2 is 1.21 bits per heavy atom. The van der Waals surface area contributed by atoms with Gasteiger partial charge in [-0.15, -0.1) is 0 Å². The lowest BCUT2D eigenvalue weighted by Gasteiger charge is -2.29. The van der Waals surface area contributed by atoms with Crippen molar-refractivity contribution in [3.63, 3.8) is 0 Å². The molecule has 0 amide bonds. The number of carboxylic acid groups (broad SMARTS) is 4. The first kappa shape index (κ1) is 21.9. The van der Waals surface area contributed by atoms with Crippen LogP contribution in [0.2, 0.25) is 0 Å². The van der Waals surface area contributed by atoms with E-state index in [-0.39, 0.29) is 0 Å². The summed E-state index contributed by atoms with van der Waals surface area (Å²) in [5.74, 6) is -8.76. The molecule has 0 radical (unpaired) electrons. The molecule has 0 rings (SSSR count). The van der Waals surface area contributed by atoms with E-state index in [0.717, 1.165) is 4.90 Å². The van der Waals surface area contributed by atoms with Crippen molar-refractivity contribution in [2.75, 3.05) is 32.7 Å². The summed E-state index contributed by atoms with van der Waals surface area (Å²) >= 11 is 0. The van der Waals surface area contributed by atoms with Crippen molar-refractivity contribution in [1.29, 1.82) is 0 Å². The molecule has 0 fully saturated rings. The topological polar surface area (TPSA) is 213 Å². The maximum atomic E-state index is 11.3. The van der Waals surface area contributed by atoms with Crippen LogP contribution in [-0.2, 0) is 23.7 Å². The Labute approximate surface area is 134 Å². The third-order valence-electron chi connectivity index (χ3n) is 2.64. The molecule has 6 N–H and O–H groups in total. The zero-order chi connectivity index (χ0) is 19.1. The average Bonchev–Trinajstić information content (AvgIpc) is 2.31. The van der Waals surface area contributed by atoms with E-state index in [2.05, 4.69) is 0 Å². The fraction of sp³-hybridized carbons (Fsp3) is 0.600. The van der Waals surface area contributed by atoms with Crippen LogP contribution in [0.5, 0.6) is 0 Å². The molecule has 24 heavy (non-hydrogen) atoms. The van der Waals surface area contributed by atoms with Gasteiger partial charge in [0.2, 0.25) is 5.78 Å². The maximum Gasteiger partial charge on any atom is 0.354 e. The van der Waals surface area contributed by atoms with Crippen LogP contribution in [0.15, 0.2) is 0 Å². The number of hydrogen-bond acceptors (Lipinski definition) is 7. The fourth-order valence-electron chi connectivity index (χ4n) is 1.84. The smallest absolute Gasteiger partial charge is 0.354 e. The first-order valence-electron chi connectivity index (χ1n) is 6.24. The molecule has 0 saturated carbocycles. The van der Waals surface area contributed by atoms with Gasteiger partial charge in [0.1, 0.15) is 0 Å². The van der Waals surface area contributed by atoms with Crippen LogP contribution in [0.1, 0.15) is 0 Å². The van der Waals surface area contributed by atoms with Gasteiger partial charge in [0.15, 0.2) is 0 Å². The average molecular weight is 372 g/mol. The van der Waals surface area contributed by atoms with Crippen molar-refractivity contribution < 1.29 is 54.0 Å². The third-order valence-corrected chi connectivity index (χ3v) is 3.83. The van der Waals surface area contributed by atoms with Gasteiger partial charge < -0.3 is 30.2 Å². The van der Waals surface area contributed by atoms with E-state index in [1.54, 1.807) is 0 Å². The molecular weight excluding hydrogens is 355 g/mol. The van der Waals surface area contributed by atoms with Crippen LogP contribution in [0.3, 0.4) is 0 Å². The number of carbonyl (C=O) groups is 4. The van der Waals surface area contributed by atoms with Crippen molar-refractivity contribution in [2.45, 2.75) is 5.78 Å². The zero-order valence-corrected chi connectivity index (χ0v) is 13.1. The first-order chi connectivity index (χ1) is 10.8. The summed E-state index contributed by atoms with van der Waals surface area (Å²) in [4.78, 5) is 62.6. The molecule has 138 valence electrons. The molecular formula is C10H17N2O11P. The minimum absolute atomic E-state index is 0.433. The van der Waals surface area contributed by atoms with Crippen molar-refractivity contribution in [2.24, 2.45) is 0 Å².